The van der Waals surface area contributed by atoms with E-state index in [1.54, 1.807) is 31.4 Å². The Morgan fingerprint density at radius 2 is 1.93 bits per heavy atom. The van der Waals surface area contributed by atoms with Crippen LogP contribution < -0.4 is 14.8 Å². The van der Waals surface area contributed by atoms with Crippen molar-refractivity contribution in [3.8, 4) is 23.3 Å². The van der Waals surface area contributed by atoms with Crippen LogP contribution >= 0.6 is 0 Å². The number of ether oxygens (including phenoxy) is 2. The summed E-state index contributed by atoms with van der Waals surface area (Å²) >= 11 is 0. The second-order valence-corrected chi connectivity index (χ2v) is 5.84. The number of aromatic hydroxyl groups is 1. The molecule has 0 heterocycles. The third-order valence-corrected chi connectivity index (χ3v) is 3.98. The third-order valence-electron chi connectivity index (χ3n) is 3.98. The fraction of sp³-hybridized carbons (Fsp3) is 0.182. The molecule has 2 rings (SSSR count). The fourth-order valence-corrected chi connectivity index (χ4v) is 2.42. The molecule has 144 valence electrons. The Hall–Kier alpha value is -3.72. The van der Waals surface area contributed by atoms with Gasteiger partial charge in [-0.15, -0.1) is 0 Å². The average molecular weight is 378 g/mol. The van der Waals surface area contributed by atoms with Gasteiger partial charge >= 0.3 is 0 Å². The number of hydrogen-bond acceptors (Lipinski definition) is 5. The van der Waals surface area contributed by atoms with Crippen molar-refractivity contribution in [2.45, 2.75) is 6.42 Å². The zero-order chi connectivity index (χ0) is 20.4. The number of phenolic OH excluding ortho intramolecular Hbond substituents is 1. The number of nitrogens with one attached hydrogen (secondary N) is 1. The molecule has 1 amide bonds. The van der Waals surface area contributed by atoms with Crippen LogP contribution in [-0.2, 0) is 11.2 Å². The molecule has 0 atom stereocenters. The van der Waals surface area contributed by atoms with Crippen LogP contribution in [0.4, 0.5) is 0 Å². The maximum Gasteiger partial charge on any atom is 0.261 e. The van der Waals surface area contributed by atoms with Crippen LogP contribution in [0.15, 0.2) is 60.2 Å². The van der Waals surface area contributed by atoms with Crippen LogP contribution in [0.25, 0.3) is 6.08 Å². The highest BCUT2D eigenvalue weighted by molar-refractivity contribution is 5.97. The Kier molecular flexibility index (Phi) is 7.67. The first-order valence-corrected chi connectivity index (χ1v) is 8.64. The van der Waals surface area contributed by atoms with Gasteiger partial charge < -0.3 is 19.9 Å². The molecule has 28 heavy (non-hydrogen) atoms. The van der Waals surface area contributed by atoms with Gasteiger partial charge in [-0.25, -0.2) is 0 Å². The molecule has 0 aliphatic heterocycles. The maximum atomic E-state index is 12.1. The van der Waals surface area contributed by atoms with Gasteiger partial charge in [0.1, 0.15) is 17.4 Å². The molecular weight excluding hydrogens is 356 g/mol. The summed E-state index contributed by atoms with van der Waals surface area (Å²) in [5.41, 5.74) is 1.84. The van der Waals surface area contributed by atoms with E-state index in [-0.39, 0.29) is 11.3 Å². The lowest BCUT2D eigenvalue weighted by molar-refractivity contribution is -0.117. The van der Waals surface area contributed by atoms with Crippen molar-refractivity contribution in [1.82, 2.24) is 5.32 Å². The van der Waals surface area contributed by atoms with E-state index in [1.807, 2.05) is 30.3 Å². The summed E-state index contributed by atoms with van der Waals surface area (Å²) in [6, 6.07) is 14.4. The standard InChI is InChI=1S/C22H22N2O4/c1-27-19-9-6-16(7-10-19)12-13-24-22(26)18(15-23)5-3-4-17-8-11-20(25)21(14-17)28-2/h3-11,14,25H,12-13H2,1-2H3,(H,24,26)/b4-3+,18-5+. The molecule has 0 spiro atoms. The van der Waals surface area contributed by atoms with Crippen LogP contribution in [0.5, 0.6) is 17.2 Å². The molecule has 0 saturated heterocycles. The number of amides is 1. The number of nitrogens with zero attached hydrogens (tertiary/aromatic N) is 1. The van der Waals surface area contributed by atoms with E-state index in [2.05, 4.69) is 5.32 Å². The lowest BCUT2D eigenvalue weighted by atomic mass is 10.1. The van der Waals surface area contributed by atoms with Crippen molar-refractivity contribution in [3.63, 3.8) is 0 Å². The largest absolute Gasteiger partial charge is 0.504 e. The maximum absolute atomic E-state index is 12.1. The lowest BCUT2D eigenvalue weighted by Crippen LogP contribution is -2.26. The molecule has 0 aliphatic rings. The SMILES string of the molecule is COc1ccc(CCNC(=O)/C(C#N)=C/C=C/c2ccc(O)c(OC)c2)cc1. The molecule has 0 radical (unpaired) electrons. The Balaban J connectivity index is 1.91. The van der Waals surface area contributed by atoms with Crippen molar-refractivity contribution in [3.05, 3.63) is 71.3 Å². The highest BCUT2D eigenvalue weighted by Crippen LogP contribution is 2.26. The van der Waals surface area contributed by atoms with Gasteiger partial charge in [0, 0.05) is 6.54 Å². The number of rotatable bonds is 8. The minimum Gasteiger partial charge on any atom is -0.504 e. The van der Waals surface area contributed by atoms with Crippen LogP contribution in [0, 0.1) is 11.3 Å². The number of nitriles is 1. The summed E-state index contributed by atoms with van der Waals surface area (Å²) in [6.45, 7) is 0.420. The molecule has 2 N–H and O–H groups in total. The molecule has 6 heteroatoms. The van der Waals surface area contributed by atoms with E-state index >= 15 is 0 Å². The Labute approximate surface area is 164 Å². The van der Waals surface area contributed by atoms with E-state index in [9.17, 15) is 15.2 Å². The normalized spacial score (nSPS) is 11.1. The van der Waals surface area contributed by atoms with Crippen molar-refractivity contribution < 1.29 is 19.4 Å². The zero-order valence-corrected chi connectivity index (χ0v) is 15.8. The molecular formula is C22H22N2O4. The highest BCUT2D eigenvalue weighted by atomic mass is 16.5. The molecule has 0 unspecified atom stereocenters. The first-order valence-electron chi connectivity index (χ1n) is 8.64. The van der Waals surface area contributed by atoms with Gasteiger partial charge in [0.2, 0.25) is 0 Å². The monoisotopic (exact) mass is 378 g/mol. The minimum absolute atomic E-state index is 0.0109. The van der Waals surface area contributed by atoms with Crippen LogP contribution in [0.1, 0.15) is 11.1 Å². The molecule has 0 fully saturated rings. The van der Waals surface area contributed by atoms with E-state index < -0.39 is 5.91 Å². The Morgan fingerprint density at radius 3 is 2.57 bits per heavy atom. The number of carbonyl (C=O) groups excluding carboxylic acids is 1. The van der Waals surface area contributed by atoms with Crippen molar-refractivity contribution in [1.29, 1.82) is 5.26 Å². The Bertz CT molecular complexity index is 909. The van der Waals surface area contributed by atoms with Gasteiger partial charge in [0.25, 0.3) is 5.91 Å². The number of allylic oxidation sites excluding steroid dienone is 2. The summed E-state index contributed by atoms with van der Waals surface area (Å²) in [5.74, 6) is 0.747. The number of hydrogen-bond donors (Lipinski definition) is 2. The zero-order valence-electron chi connectivity index (χ0n) is 15.8. The predicted octanol–water partition coefficient (Wildman–Crippen LogP) is 3.23. The van der Waals surface area contributed by atoms with E-state index in [4.69, 9.17) is 9.47 Å². The third kappa shape index (κ3) is 5.92. The second kappa shape index (κ2) is 10.4. The molecule has 6 nitrogen and oxygen atoms in total. The van der Waals surface area contributed by atoms with E-state index in [0.717, 1.165) is 16.9 Å². The number of carbonyl (C=O) groups is 1. The summed E-state index contributed by atoms with van der Waals surface area (Å²) in [5, 5.41) is 21.5. The molecule has 0 aromatic heterocycles. The number of methoxy groups -OCH3 is 2. The van der Waals surface area contributed by atoms with Gasteiger partial charge in [-0.3, -0.25) is 4.79 Å². The van der Waals surface area contributed by atoms with Crippen LogP contribution in [0.2, 0.25) is 0 Å². The summed E-state index contributed by atoms with van der Waals surface area (Å²) in [4.78, 5) is 12.1. The average Bonchev–Trinajstić information content (AvgIpc) is 2.72. The van der Waals surface area contributed by atoms with Gasteiger partial charge in [-0.1, -0.05) is 30.4 Å². The first-order chi connectivity index (χ1) is 13.6. The lowest BCUT2D eigenvalue weighted by Gasteiger charge is -2.05. The molecule has 0 saturated carbocycles. The van der Waals surface area contributed by atoms with Crippen molar-refractivity contribution in [2.24, 2.45) is 0 Å². The quantitative estimate of drug-likeness (QED) is 0.418. The smallest absolute Gasteiger partial charge is 0.261 e. The van der Waals surface area contributed by atoms with Crippen LogP contribution in [0.3, 0.4) is 0 Å². The molecule has 2 aromatic carbocycles. The first kappa shape index (κ1) is 20.6. The van der Waals surface area contributed by atoms with Gasteiger partial charge in [0.15, 0.2) is 11.5 Å². The van der Waals surface area contributed by atoms with Crippen molar-refractivity contribution >= 4 is 12.0 Å². The summed E-state index contributed by atoms with van der Waals surface area (Å²) in [6.07, 6.45) is 5.41. The topological polar surface area (TPSA) is 91.6 Å². The highest BCUT2D eigenvalue weighted by Gasteiger charge is 2.07. The molecule has 0 bridgehead atoms. The Morgan fingerprint density at radius 1 is 1.18 bits per heavy atom. The van der Waals surface area contributed by atoms with Crippen molar-refractivity contribution in [2.75, 3.05) is 20.8 Å². The van der Waals surface area contributed by atoms with E-state index in [0.29, 0.717) is 18.7 Å². The van der Waals surface area contributed by atoms with Gasteiger partial charge in [-0.2, -0.15) is 5.26 Å². The predicted molar refractivity (Wildman–Crippen MR) is 107 cm³/mol. The number of phenols is 1. The molecule has 2 aromatic rings. The van der Waals surface area contributed by atoms with Gasteiger partial charge in [0.05, 0.1) is 14.2 Å². The van der Waals surface area contributed by atoms with E-state index in [1.165, 1.54) is 19.3 Å². The van der Waals surface area contributed by atoms with Crippen LogP contribution in [-0.4, -0.2) is 31.8 Å². The minimum atomic E-state index is -0.427. The summed E-state index contributed by atoms with van der Waals surface area (Å²) in [7, 11) is 3.07. The fourth-order valence-electron chi connectivity index (χ4n) is 2.42. The second-order valence-electron chi connectivity index (χ2n) is 5.84. The number of benzene rings is 2. The van der Waals surface area contributed by atoms with Gasteiger partial charge in [-0.05, 0) is 47.9 Å². The summed E-state index contributed by atoms with van der Waals surface area (Å²) < 4.78 is 10.2. The molecule has 0 aliphatic carbocycles.